The molecule has 0 spiro atoms. The van der Waals surface area contributed by atoms with Gasteiger partial charge in [-0.3, -0.25) is 10.1 Å². The van der Waals surface area contributed by atoms with Gasteiger partial charge in [-0.05, 0) is 19.4 Å². The van der Waals surface area contributed by atoms with Gasteiger partial charge in [0.15, 0.2) is 0 Å². The lowest BCUT2D eigenvalue weighted by atomic mass is 9.88. The number of aryl methyl sites for hydroxylation is 1. The maximum absolute atomic E-state index is 11.6. The van der Waals surface area contributed by atoms with Crippen molar-refractivity contribution in [3.63, 3.8) is 0 Å². The van der Waals surface area contributed by atoms with Gasteiger partial charge in [0.1, 0.15) is 48.2 Å². The van der Waals surface area contributed by atoms with Gasteiger partial charge in [-0.25, -0.2) is 9.97 Å². The number of rotatable bonds is 7. The lowest BCUT2D eigenvalue weighted by Gasteiger charge is -2.26. The maximum atomic E-state index is 11.6. The summed E-state index contributed by atoms with van der Waals surface area (Å²) in [6.45, 7) is 10.0. The third-order valence-electron chi connectivity index (χ3n) is 4.35. The average molecular weight is 378 g/mol. The first-order chi connectivity index (χ1) is 12.6. The van der Waals surface area contributed by atoms with Crippen LogP contribution >= 0.6 is 0 Å². The van der Waals surface area contributed by atoms with Crippen molar-refractivity contribution < 1.29 is 24.6 Å². The van der Waals surface area contributed by atoms with E-state index in [1.807, 2.05) is 0 Å². The van der Waals surface area contributed by atoms with Gasteiger partial charge in [0.25, 0.3) is 5.70 Å². The number of aliphatic hydroxyl groups is 2. The highest BCUT2D eigenvalue weighted by molar-refractivity contribution is 5.71. The number of hydrogen-bond acceptors (Lipinski definition) is 9. The van der Waals surface area contributed by atoms with E-state index < -0.39 is 34.5 Å². The van der Waals surface area contributed by atoms with E-state index >= 15 is 0 Å². The number of ether oxygens (including phenoxy) is 2. The largest absolute Gasteiger partial charge is 0.499 e. The van der Waals surface area contributed by atoms with Gasteiger partial charge in [0.05, 0.1) is 16.9 Å². The molecule has 10 heteroatoms. The van der Waals surface area contributed by atoms with Crippen LogP contribution in [0.5, 0.6) is 0 Å². The molecular weight excluding hydrogens is 356 g/mol. The molecule has 0 bridgehead atoms. The summed E-state index contributed by atoms with van der Waals surface area (Å²) in [5.41, 5.74) is 4.08. The molecule has 1 aliphatic heterocycles. The second-order valence-corrected chi connectivity index (χ2v) is 6.31. The van der Waals surface area contributed by atoms with Crippen molar-refractivity contribution in [3.05, 3.63) is 58.8 Å². The van der Waals surface area contributed by atoms with Gasteiger partial charge in [-0.15, -0.1) is 0 Å². The third-order valence-corrected chi connectivity index (χ3v) is 4.35. The molecule has 0 aromatic carbocycles. The molecule has 0 aliphatic carbocycles. The Morgan fingerprint density at radius 1 is 1.59 bits per heavy atom. The van der Waals surface area contributed by atoms with Crippen LogP contribution in [0.2, 0.25) is 0 Å². The first kappa shape index (κ1) is 20.5. The van der Waals surface area contributed by atoms with Crippen LogP contribution in [0.1, 0.15) is 18.2 Å². The summed E-state index contributed by atoms with van der Waals surface area (Å²) in [5, 5.41) is 32.5. The third kappa shape index (κ3) is 3.97. The van der Waals surface area contributed by atoms with Gasteiger partial charge in [0, 0.05) is 6.08 Å². The van der Waals surface area contributed by atoms with E-state index in [-0.39, 0.29) is 23.6 Å². The van der Waals surface area contributed by atoms with Crippen LogP contribution < -0.4 is 5.73 Å². The van der Waals surface area contributed by atoms with Crippen LogP contribution in [-0.2, 0) is 9.47 Å². The molecule has 1 fully saturated rings. The molecule has 0 amide bonds. The Balaban J connectivity index is 2.39. The number of nitro groups is 1. The first-order valence-electron chi connectivity index (χ1n) is 8.02. The van der Waals surface area contributed by atoms with Crippen LogP contribution in [0, 0.1) is 17.0 Å². The van der Waals surface area contributed by atoms with Crippen LogP contribution in [0.3, 0.4) is 0 Å². The van der Waals surface area contributed by atoms with Crippen LogP contribution in [0.25, 0.3) is 5.70 Å². The first-order valence-corrected chi connectivity index (χ1v) is 8.02. The summed E-state index contributed by atoms with van der Waals surface area (Å²) in [6.07, 6.45) is 0.250. The summed E-state index contributed by atoms with van der Waals surface area (Å²) in [5.74, 6) is -0.0605. The van der Waals surface area contributed by atoms with Gasteiger partial charge in [-0.2, -0.15) is 0 Å². The molecule has 4 atom stereocenters. The van der Waals surface area contributed by atoms with Crippen molar-refractivity contribution in [2.24, 2.45) is 0 Å². The van der Waals surface area contributed by atoms with Crippen molar-refractivity contribution in [1.82, 2.24) is 9.97 Å². The highest BCUT2D eigenvalue weighted by Crippen LogP contribution is 2.36. The Bertz CT molecular complexity index is 771. The molecule has 1 saturated heterocycles. The topological polar surface area (TPSA) is 154 Å². The number of aromatic nitrogens is 2. The van der Waals surface area contributed by atoms with Gasteiger partial charge in [0.2, 0.25) is 0 Å². The van der Waals surface area contributed by atoms with Gasteiger partial charge >= 0.3 is 0 Å². The Morgan fingerprint density at radius 3 is 2.81 bits per heavy atom. The van der Waals surface area contributed by atoms with Gasteiger partial charge in [-0.1, -0.05) is 13.2 Å². The van der Waals surface area contributed by atoms with E-state index in [0.29, 0.717) is 5.69 Å². The monoisotopic (exact) mass is 378 g/mol. The second-order valence-electron chi connectivity index (χ2n) is 6.31. The van der Waals surface area contributed by atoms with E-state index in [0.717, 1.165) is 6.08 Å². The zero-order valence-corrected chi connectivity index (χ0v) is 15.0. The van der Waals surface area contributed by atoms with E-state index in [1.165, 1.54) is 19.5 Å². The van der Waals surface area contributed by atoms with E-state index in [4.69, 9.17) is 15.2 Å². The lowest BCUT2D eigenvalue weighted by molar-refractivity contribution is -0.375. The Morgan fingerprint density at radius 2 is 2.26 bits per heavy atom. The fourth-order valence-electron chi connectivity index (χ4n) is 2.95. The molecule has 2 heterocycles. The van der Waals surface area contributed by atoms with Crippen LogP contribution in [0.15, 0.2) is 37.4 Å². The number of anilines is 1. The predicted molar refractivity (Wildman–Crippen MR) is 96.7 cm³/mol. The standard InChI is InChI=1S/C17H22N4O6/c1-5-26-7-12-14(22)17(4,23)15(27-12)9(2)6-11(21(24)25)13-10(3)19-8-20-16(13)18/h5-6,8,12,14-15,22-23H,1-2,7H2,3-4H3,(H2,18,19,20)/b11-6+/t12?,14?,15?,17-/m1/s1. The molecule has 0 saturated carbocycles. The minimum atomic E-state index is -1.74. The normalized spacial score (nSPS) is 28.0. The summed E-state index contributed by atoms with van der Waals surface area (Å²) in [6, 6.07) is 0. The fraction of sp³-hybridized carbons (Fsp3) is 0.412. The molecule has 1 aromatic rings. The summed E-state index contributed by atoms with van der Waals surface area (Å²) < 4.78 is 10.6. The summed E-state index contributed by atoms with van der Waals surface area (Å²) in [7, 11) is 0. The van der Waals surface area contributed by atoms with Crippen molar-refractivity contribution in [3.8, 4) is 0 Å². The van der Waals surface area contributed by atoms with Crippen molar-refractivity contribution in [1.29, 1.82) is 0 Å². The number of nitrogens with two attached hydrogens (primary N) is 1. The minimum Gasteiger partial charge on any atom is -0.499 e. The van der Waals surface area contributed by atoms with E-state index in [9.17, 15) is 20.3 Å². The molecule has 1 aromatic heterocycles. The van der Waals surface area contributed by atoms with Crippen LogP contribution in [-0.4, -0.2) is 55.6 Å². The quantitative estimate of drug-likeness (QED) is 0.267. The highest BCUT2D eigenvalue weighted by atomic mass is 16.6. The molecule has 27 heavy (non-hydrogen) atoms. The summed E-state index contributed by atoms with van der Waals surface area (Å²) >= 11 is 0. The molecule has 0 radical (unpaired) electrons. The van der Waals surface area contributed by atoms with Crippen molar-refractivity contribution in [2.75, 3.05) is 12.3 Å². The highest BCUT2D eigenvalue weighted by Gasteiger charge is 2.53. The predicted octanol–water partition coefficient (Wildman–Crippen LogP) is 0.580. The van der Waals surface area contributed by atoms with E-state index in [2.05, 4.69) is 23.1 Å². The zero-order valence-electron chi connectivity index (χ0n) is 15.0. The van der Waals surface area contributed by atoms with Crippen LogP contribution in [0.4, 0.5) is 5.82 Å². The minimum absolute atomic E-state index is 0.0466. The van der Waals surface area contributed by atoms with Gasteiger partial charge < -0.3 is 25.4 Å². The molecule has 4 N–H and O–H groups in total. The zero-order chi connectivity index (χ0) is 20.4. The maximum Gasteiger partial charge on any atom is 0.282 e. The second kappa shape index (κ2) is 7.82. The lowest BCUT2D eigenvalue weighted by Crippen LogP contribution is -2.46. The molecule has 146 valence electrons. The smallest absolute Gasteiger partial charge is 0.282 e. The molecular formula is C17H22N4O6. The molecule has 3 unspecified atom stereocenters. The SMILES string of the molecule is C=COCC1OC(C(=C)/C=C(\c2c(C)ncnc2N)[N+](=O)[O-])[C@](C)(O)C1O. The molecule has 1 aliphatic rings. The Kier molecular flexibility index (Phi) is 5.94. The average Bonchev–Trinajstić information content (AvgIpc) is 2.81. The molecule has 2 rings (SSSR count). The van der Waals surface area contributed by atoms with E-state index in [1.54, 1.807) is 6.92 Å². The fourth-order valence-corrected chi connectivity index (χ4v) is 2.95. The Hall–Kier alpha value is -2.82. The van der Waals surface area contributed by atoms with Crippen molar-refractivity contribution in [2.45, 2.75) is 37.8 Å². The number of aliphatic hydroxyl groups excluding tert-OH is 1. The number of nitrogen functional groups attached to an aromatic ring is 1. The molecule has 10 nitrogen and oxygen atoms in total. The Labute approximate surface area is 155 Å². The number of hydrogen-bond donors (Lipinski definition) is 3. The number of nitrogens with zero attached hydrogens (tertiary/aromatic N) is 3. The summed E-state index contributed by atoms with van der Waals surface area (Å²) in [4.78, 5) is 18.6. The van der Waals surface area contributed by atoms with Crippen molar-refractivity contribution >= 4 is 11.5 Å².